The third kappa shape index (κ3) is 1.61. The summed E-state index contributed by atoms with van der Waals surface area (Å²) in [5, 5.41) is 9.58. The predicted octanol–water partition coefficient (Wildman–Crippen LogP) is 2.21. The lowest BCUT2D eigenvalue weighted by Gasteiger charge is -2.11. The summed E-state index contributed by atoms with van der Waals surface area (Å²) < 4.78 is 11.1. The van der Waals surface area contributed by atoms with Gasteiger partial charge in [0.25, 0.3) is 0 Å². The Balaban J connectivity index is 2.21. The molecule has 1 aliphatic heterocycles. The second kappa shape index (κ2) is 3.59. The lowest BCUT2D eigenvalue weighted by atomic mass is 10.2. The summed E-state index contributed by atoms with van der Waals surface area (Å²) in [7, 11) is 0. The summed E-state index contributed by atoms with van der Waals surface area (Å²) in [6.07, 6.45) is -0.291. The van der Waals surface area contributed by atoms with Crippen LogP contribution < -0.4 is 0 Å². The van der Waals surface area contributed by atoms with Gasteiger partial charge in [-0.1, -0.05) is 18.2 Å². The number of benzene rings is 1. The van der Waals surface area contributed by atoms with Crippen molar-refractivity contribution in [2.75, 3.05) is 0 Å². The second-order valence-corrected chi connectivity index (χ2v) is 3.57. The molecule has 1 saturated heterocycles. The largest absolute Gasteiger partial charge is 0.507 e. The standard InChI is InChI=1S/C11H14O3/c1-7-8(2)14-11(13-7)9-5-3-4-6-10(9)12/h3-8,11-12H,1-2H3. The Morgan fingerprint density at radius 2 is 1.64 bits per heavy atom. The zero-order valence-corrected chi connectivity index (χ0v) is 8.31. The van der Waals surface area contributed by atoms with E-state index >= 15 is 0 Å². The molecule has 0 aromatic heterocycles. The van der Waals surface area contributed by atoms with E-state index in [0.717, 1.165) is 0 Å². The van der Waals surface area contributed by atoms with Gasteiger partial charge in [0.15, 0.2) is 6.29 Å². The molecule has 0 spiro atoms. The Labute approximate surface area is 83.3 Å². The topological polar surface area (TPSA) is 38.7 Å². The minimum Gasteiger partial charge on any atom is -0.507 e. The van der Waals surface area contributed by atoms with Gasteiger partial charge in [-0.25, -0.2) is 0 Å². The van der Waals surface area contributed by atoms with Crippen LogP contribution >= 0.6 is 0 Å². The molecule has 0 aliphatic carbocycles. The number of aromatic hydroxyl groups is 1. The molecule has 2 atom stereocenters. The van der Waals surface area contributed by atoms with E-state index in [2.05, 4.69) is 0 Å². The smallest absolute Gasteiger partial charge is 0.188 e. The molecule has 2 rings (SSSR count). The van der Waals surface area contributed by atoms with Crippen LogP contribution in [0.1, 0.15) is 25.7 Å². The molecule has 1 aromatic rings. The molecular formula is C11H14O3. The molecule has 0 bridgehead atoms. The maximum atomic E-state index is 9.58. The van der Waals surface area contributed by atoms with Crippen LogP contribution in [-0.4, -0.2) is 17.3 Å². The summed E-state index contributed by atoms with van der Waals surface area (Å²) >= 11 is 0. The van der Waals surface area contributed by atoms with Crippen LogP contribution in [0.2, 0.25) is 0 Å². The van der Waals surface area contributed by atoms with Gasteiger partial charge < -0.3 is 14.6 Å². The van der Waals surface area contributed by atoms with Crippen molar-refractivity contribution >= 4 is 0 Å². The van der Waals surface area contributed by atoms with Gasteiger partial charge in [0.1, 0.15) is 5.75 Å². The predicted molar refractivity (Wildman–Crippen MR) is 51.9 cm³/mol. The van der Waals surface area contributed by atoms with Crippen molar-refractivity contribution in [2.24, 2.45) is 0 Å². The number of para-hydroxylation sites is 1. The van der Waals surface area contributed by atoms with Gasteiger partial charge in [-0.3, -0.25) is 0 Å². The number of hydrogen-bond acceptors (Lipinski definition) is 3. The molecule has 14 heavy (non-hydrogen) atoms. The van der Waals surface area contributed by atoms with Crippen molar-refractivity contribution in [3.8, 4) is 5.75 Å². The molecule has 2 unspecified atom stereocenters. The summed E-state index contributed by atoms with van der Waals surface area (Å²) in [5.41, 5.74) is 0.698. The fraction of sp³-hybridized carbons (Fsp3) is 0.455. The molecular weight excluding hydrogens is 180 g/mol. The summed E-state index contributed by atoms with van der Waals surface area (Å²) in [6, 6.07) is 7.08. The van der Waals surface area contributed by atoms with E-state index in [-0.39, 0.29) is 18.0 Å². The first-order valence-corrected chi connectivity index (χ1v) is 4.77. The summed E-state index contributed by atoms with van der Waals surface area (Å²) in [5.74, 6) is 0.221. The molecule has 1 aliphatic rings. The Kier molecular flexibility index (Phi) is 2.44. The molecule has 1 N–H and O–H groups in total. The molecule has 1 fully saturated rings. The van der Waals surface area contributed by atoms with E-state index in [1.54, 1.807) is 12.1 Å². The number of phenols is 1. The molecule has 1 aromatic carbocycles. The Morgan fingerprint density at radius 3 is 2.21 bits per heavy atom. The molecule has 0 radical (unpaired) electrons. The SMILES string of the molecule is CC1OC(c2ccccc2O)OC1C. The van der Waals surface area contributed by atoms with E-state index in [1.807, 2.05) is 26.0 Å². The van der Waals surface area contributed by atoms with Crippen LogP contribution in [0, 0.1) is 0 Å². The molecule has 76 valence electrons. The first kappa shape index (κ1) is 9.49. The fourth-order valence-electron chi connectivity index (χ4n) is 1.48. The van der Waals surface area contributed by atoms with Gasteiger partial charge in [0.2, 0.25) is 0 Å². The van der Waals surface area contributed by atoms with Gasteiger partial charge in [0.05, 0.1) is 12.2 Å². The maximum Gasteiger partial charge on any atom is 0.188 e. The first-order chi connectivity index (χ1) is 6.68. The third-order valence-electron chi connectivity index (χ3n) is 2.53. The van der Waals surface area contributed by atoms with Crippen LogP contribution in [0.3, 0.4) is 0 Å². The van der Waals surface area contributed by atoms with Crippen LogP contribution in [0.4, 0.5) is 0 Å². The van der Waals surface area contributed by atoms with Gasteiger partial charge in [0, 0.05) is 5.56 Å². The van der Waals surface area contributed by atoms with E-state index in [1.165, 1.54) is 0 Å². The maximum absolute atomic E-state index is 9.58. The molecule has 0 amide bonds. The van der Waals surface area contributed by atoms with Crippen LogP contribution in [-0.2, 0) is 9.47 Å². The summed E-state index contributed by atoms with van der Waals surface area (Å²) in [4.78, 5) is 0. The van der Waals surface area contributed by atoms with E-state index in [9.17, 15) is 5.11 Å². The van der Waals surface area contributed by atoms with E-state index in [0.29, 0.717) is 5.56 Å². The number of phenolic OH excluding ortho intramolecular Hbond substituents is 1. The highest BCUT2D eigenvalue weighted by molar-refractivity contribution is 5.33. The average Bonchev–Trinajstić information content (AvgIpc) is 2.48. The zero-order valence-electron chi connectivity index (χ0n) is 8.31. The van der Waals surface area contributed by atoms with Gasteiger partial charge in [-0.15, -0.1) is 0 Å². The minimum atomic E-state index is -0.429. The monoisotopic (exact) mass is 194 g/mol. The Bertz CT molecular complexity index is 314. The molecule has 1 heterocycles. The van der Waals surface area contributed by atoms with Crippen molar-refractivity contribution < 1.29 is 14.6 Å². The number of hydrogen-bond donors (Lipinski definition) is 1. The summed E-state index contributed by atoms with van der Waals surface area (Å²) in [6.45, 7) is 3.93. The normalized spacial score (nSPS) is 32.0. The Morgan fingerprint density at radius 1 is 1.07 bits per heavy atom. The fourth-order valence-corrected chi connectivity index (χ4v) is 1.48. The lowest BCUT2D eigenvalue weighted by Crippen LogP contribution is -2.13. The number of ether oxygens (including phenoxy) is 2. The van der Waals surface area contributed by atoms with Crippen LogP contribution in [0.15, 0.2) is 24.3 Å². The average molecular weight is 194 g/mol. The van der Waals surface area contributed by atoms with Gasteiger partial charge in [-0.05, 0) is 19.9 Å². The van der Waals surface area contributed by atoms with Crippen molar-refractivity contribution in [3.63, 3.8) is 0 Å². The van der Waals surface area contributed by atoms with Gasteiger partial charge in [-0.2, -0.15) is 0 Å². The zero-order chi connectivity index (χ0) is 10.1. The van der Waals surface area contributed by atoms with Crippen LogP contribution in [0.5, 0.6) is 5.75 Å². The lowest BCUT2D eigenvalue weighted by molar-refractivity contribution is -0.0664. The first-order valence-electron chi connectivity index (χ1n) is 4.77. The van der Waals surface area contributed by atoms with E-state index < -0.39 is 6.29 Å². The Hall–Kier alpha value is -1.06. The number of rotatable bonds is 1. The minimum absolute atomic E-state index is 0.0691. The van der Waals surface area contributed by atoms with Crippen molar-refractivity contribution in [1.82, 2.24) is 0 Å². The van der Waals surface area contributed by atoms with Crippen LogP contribution in [0.25, 0.3) is 0 Å². The van der Waals surface area contributed by atoms with Crippen molar-refractivity contribution in [1.29, 1.82) is 0 Å². The third-order valence-corrected chi connectivity index (χ3v) is 2.53. The highest BCUT2D eigenvalue weighted by Gasteiger charge is 2.31. The molecule has 3 heteroatoms. The molecule has 3 nitrogen and oxygen atoms in total. The second-order valence-electron chi connectivity index (χ2n) is 3.57. The highest BCUT2D eigenvalue weighted by Crippen LogP contribution is 2.34. The van der Waals surface area contributed by atoms with Crippen molar-refractivity contribution in [3.05, 3.63) is 29.8 Å². The van der Waals surface area contributed by atoms with Crippen molar-refractivity contribution in [2.45, 2.75) is 32.3 Å². The van der Waals surface area contributed by atoms with E-state index in [4.69, 9.17) is 9.47 Å². The quantitative estimate of drug-likeness (QED) is 0.745. The molecule has 0 saturated carbocycles. The highest BCUT2D eigenvalue weighted by atomic mass is 16.7. The van der Waals surface area contributed by atoms with Gasteiger partial charge >= 0.3 is 0 Å².